The van der Waals surface area contributed by atoms with Crippen LogP contribution in [0.4, 0.5) is 31.1 Å². The predicted molar refractivity (Wildman–Crippen MR) is 101 cm³/mol. The van der Waals surface area contributed by atoms with Crippen molar-refractivity contribution < 1.29 is 45.8 Å². The highest BCUT2D eigenvalue weighted by atomic mass is 19.4. The minimum Gasteiger partial charge on any atom is -0.494 e. The van der Waals surface area contributed by atoms with E-state index in [0.717, 1.165) is 24.0 Å². The van der Waals surface area contributed by atoms with Gasteiger partial charge in [-0.05, 0) is 51.3 Å². The number of hydrogen-bond acceptors (Lipinski definition) is 4. The van der Waals surface area contributed by atoms with Crippen LogP contribution in [0.25, 0.3) is 0 Å². The molecular formula is C20H24F6N2O4. The van der Waals surface area contributed by atoms with Crippen LogP contribution in [-0.2, 0) is 10.4 Å². The number of urea groups is 1. The van der Waals surface area contributed by atoms with Gasteiger partial charge in [0, 0.05) is 19.2 Å². The van der Waals surface area contributed by atoms with E-state index in [1.165, 1.54) is 11.9 Å². The van der Waals surface area contributed by atoms with Gasteiger partial charge in [0.05, 0.1) is 6.61 Å². The van der Waals surface area contributed by atoms with Crippen molar-refractivity contribution in [2.75, 3.05) is 20.2 Å². The number of likely N-dealkylation sites (N-methyl/N-ethyl adjacent to an activating group) is 1. The summed E-state index contributed by atoms with van der Waals surface area (Å²) in [6.45, 7) is 4.46. The van der Waals surface area contributed by atoms with Gasteiger partial charge in [-0.25, -0.2) is 4.79 Å². The van der Waals surface area contributed by atoms with Gasteiger partial charge in [0.2, 0.25) is 0 Å². The summed E-state index contributed by atoms with van der Waals surface area (Å²) in [5.41, 5.74) is -7.72. The zero-order chi connectivity index (χ0) is 24.7. The highest BCUT2D eigenvalue weighted by Crippen LogP contribution is 2.51. The van der Waals surface area contributed by atoms with E-state index in [0.29, 0.717) is 18.9 Å². The molecule has 12 heteroatoms. The Bertz CT molecular complexity index is 868. The molecule has 6 nitrogen and oxygen atoms in total. The number of aryl methyl sites for hydroxylation is 1. The largest absolute Gasteiger partial charge is 0.494 e. The number of imide groups is 1. The third-order valence-corrected chi connectivity index (χ3v) is 5.58. The minimum atomic E-state index is -5.97. The molecule has 1 heterocycles. The van der Waals surface area contributed by atoms with Crippen LogP contribution in [0.5, 0.6) is 5.75 Å². The topological polar surface area (TPSA) is 70.1 Å². The average Bonchev–Trinajstić information content (AvgIpc) is 2.80. The first-order valence-corrected chi connectivity index (χ1v) is 9.65. The molecule has 0 unspecified atom stereocenters. The fourth-order valence-corrected chi connectivity index (χ4v) is 3.34. The summed E-state index contributed by atoms with van der Waals surface area (Å²) in [5, 5.41) is 9.52. The first kappa shape index (κ1) is 25.8. The van der Waals surface area contributed by atoms with Gasteiger partial charge in [0.1, 0.15) is 11.3 Å². The third-order valence-electron chi connectivity index (χ3n) is 5.58. The lowest BCUT2D eigenvalue weighted by Gasteiger charge is -2.33. The quantitative estimate of drug-likeness (QED) is 0.370. The zero-order valence-corrected chi connectivity index (χ0v) is 17.9. The van der Waals surface area contributed by atoms with Gasteiger partial charge in [0.15, 0.2) is 0 Å². The summed E-state index contributed by atoms with van der Waals surface area (Å²) in [7, 11) is 1.52. The Labute approximate surface area is 180 Å². The molecule has 0 bridgehead atoms. The van der Waals surface area contributed by atoms with E-state index in [1.54, 1.807) is 13.8 Å². The molecule has 1 saturated heterocycles. The lowest BCUT2D eigenvalue weighted by Crippen LogP contribution is -2.54. The molecule has 1 aromatic rings. The molecule has 0 atom stereocenters. The number of ether oxygens (including phenoxy) is 1. The summed E-state index contributed by atoms with van der Waals surface area (Å²) in [6, 6.07) is 2.00. The SMILES string of the molecule is Cc1cc(OCCCCN2C(=O)N(C)C(C)(C)C2=O)ccc1C(O)(C(F)(F)F)C(F)(F)F. The first-order valence-electron chi connectivity index (χ1n) is 9.65. The molecule has 1 aliphatic heterocycles. The summed E-state index contributed by atoms with van der Waals surface area (Å²) >= 11 is 0. The average molecular weight is 470 g/mol. The number of alkyl halides is 6. The van der Waals surface area contributed by atoms with Crippen LogP contribution in [-0.4, -0.2) is 64.9 Å². The van der Waals surface area contributed by atoms with E-state index in [2.05, 4.69) is 0 Å². The molecule has 1 aliphatic rings. The first-order chi connectivity index (χ1) is 14.5. The number of halogens is 6. The number of carbonyl (C=O) groups excluding carboxylic acids is 2. The van der Waals surface area contributed by atoms with E-state index in [-0.39, 0.29) is 24.8 Å². The van der Waals surface area contributed by atoms with E-state index in [1.807, 2.05) is 0 Å². The van der Waals surface area contributed by atoms with Crippen molar-refractivity contribution in [3.8, 4) is 5.75 Å². The van der Waals surface area contributed by atoms with Crippen molar-refractivity contribution in [2.45, 2.75) is 57.1 Å². The number of aliphatic hydroxyl groups is 1. The molecule has 180 valence electrons. The molecule has 0 aromatic heterocycles. The second kappa shape index (κ2) is 8.45. The van der Waals surface area contributed by atoms with Gasteiger partial charge in [0.25, 0.3) is 11.5 Å². The van der Waals surface area contributed by atoms with Crippen molar-refractivity contribution in [1.82, 2.24) is 9.80 Å². The smallest absolute Gasteiger partial charge is 0.430 e. The van der Waals surface area contributed by atoms with Crippen LogP contribution in [0.1, 0.15) is 37.8 Å². The summed E-state index contributed by atoms with van der Waals surface area (Å²) < 4.78 is 83.7. The minimum absolute atomic E-state index is 0.0205. The van der Waals surface area contributed by atoms with E-state index >= 15 is 0 Å². The number of carbonyl (C=O) groups is 2. The highest BCUT2D eigenvalue weighted by Gasteiger charge is 2.71. The van der Waals surface area contributed by atoms with Crippen molar-refractivity contribution in [2.24, 2.45) is 0 Å². The Hall–Kier alpha value is -2.50. The molecule has 3 amide bonds. The second-order valence-electron chi connectivity index (χ2n) is 8.10. The second-order valence-corrected chi connectivity index (χ2v) is 8.10. The van der Waals surface area contributed by atoms with Gasteiger partial charge < -0.3 is 14.7 Å². The molecule has 0 radical (unpaired) electrons. The predicted octanol–water partition coefficient (Wildman–Crippen LogP) is 4.14. The lowest BCUT2D eigenvalue weighted by molar-refractivity contribution is -0.376. The van der Waals surface area contributed by atoms with Crippen LogP contribution in [0.2, 0.25) is 0 Å². The number of benzene rings is 1. The number of rotatable bonds is 7. The summed E-state index contributed by atoms with van der Waals surface area (Å²) in [4.78, 5) is 26.9. The van der Waals surface area contributed by atoms with Crippen LogP contribution in [0, 0.1) is 6.92 Å². The Morgan fingerprint density at radius 3 is 2.03 bits per heavy atom. The number of amides is 3. The van der Waals surface area contributed by atoms with Gasteiger partial charge in [-0.2, -0.15) is 26.3 Å². The number of unbranched alkanes of at least 4 members (excludes halogenated alkanes) is 1. The van der Waals surface area contributed by atoms with E-state index in [9.17, 15) is 41.0 Å². The maximum atomic E-state index is 13.1. The molecule has 2 rings (SSSR count). The van der Waals surface area contributed by atoms with Crippen LogP contribution in [0.15, 0.2) is 18.2 Å². The normalized spacial score (nSPS) is 17.3. The maximum Gasteiger partial charge on any atom is 0.430 e. The molecule has 0 saturated carbocycles. The molecule has 1 aromatic carbocycles. The Morgan fingerprint density at radius 1 is 1.03 bits per heavy atom. The van der Waals surface area contributed by atoms with Crippen LogP contribution in [0.3, 0.4) is 0 Å². The maximum absolute atomic E-state index is 13.1. The standard InChI is InChI=1S/C20H24F6N2O4/c1-12-11-13(7-8-14(12)18(31,19(21,22)23)20(24,25)26)32-10-6-5-9-28-15(29)17(2,3)27(4)16(28)30/h7-8,11,31H,5-6,9-10H2,1-4H3. The molecule has 0 spiro atoms. The Morgan fingerprint density at radius 2 is 1.59 bits per heavy atom. The monoisotopic (exact) mass is 470 g/mol. The van der Waals surface area contributed by atoms with Gasteiger partial charge in [-0.15, -0.1) is 0 Å². The van der Waals surface area contributed by atoms with Crippen LogP contribution < -0.4 is 4.74 Å². The van der Waals surface area contributed by atoms with E-state index in [4.69, 9.17) is 4.74 Å². The van der Waals surface area contributed by atoms with Crippen molar-refractivity contribution in [1.29, 1.82) is 0 Å². The fourth-order valence-electron chi connectivity index (χ4n) is 3.34. The Kier molecular flexibility index (Phi) is 6.80. The van der Waals surface area contributed by atoms with Gasteiger partial charge in [-0.3, -0.25) is 9.69 Å². The van der Waals surface area contributed by atoms with Gasteiger partial charge in [-0.1, -0.05) is 6.07 Å². The molecule has 1 N–H and O–H groups in total. The van der Waals surface area contributed by atoms with E-state index < -0.39 is 40.7 Å². The molecule has 32 heavy (non-hydrogen) atoms. The zero-order valence-electron chi connectivity index (χ0n) is 17.9. The van der Waals surface area contributed by atoms with Gasteiger partial charge >= 0.3 is 18.4 Å². The van der Waals surface area contributed by atoms with Crippen molar-refractivity contribution in [3.63, 3.8) is 0 Å². The molecule has 1 fully saturated rings. The fraction of sp³-hybridized carbons (Fsp3) is 0.600. The Balaban J connectivity index is 1.98. The summed E-state index contributed by atoms with van der Waals surface area (Å²) in [5.74, 6) is -0.314. The molecule has 0 aliphatic carbocycles. The van der Waals surface area contributed by atoms with Crippen LogP contribution >= 0.6 is 0 Å². The molecular weight excluding hydrogens is 446 g/mol. The number of hydrogen-bond donors (Lipinski definition) is 1. The summed E-state index contributed by atoms with van der Waals surface area (Å²) in [6.07, 6.45) is -11.2. The lowest BCUT2D eigenvalue weighted by atomic mass is 9.88. The van der Waals surface area contributed by atoms with Crippen molar-refractivity contribution >= 4 is 11.9 Å². The van der Waals surface area contributed by atoms with Crippen molar-refractivity contribution in [3.05, 3.63) is 29.3 Å². The number of nitrogens with zero attached hydrogens (tertiary/aromatic N) is 2. The highest BCUT2D eigenvalue weighted by molar-refractivity contribution is 6.06. The third kappa shape index (κ3) is 4.37.